The second-order valence-electron chi connectivity index (χ2n) is 10.3. The lowest BCUT2D eigenvalue weighted by atomic mass is 9.50. The van der Waals surface area contributed by atoms with Crippen LogP contribution in [0.4, 0.5) is 0 Å². The number of rotatable bonds is 7. The van der Waals surface area contributed by atoms with E-state index in [9.17, 15) is 15.0 Å². The maximum absolute atomic E-state index is 11.5. The topological polar surface area (TPSA) is 66.8 Å². The molecule has 0 spiro atoms. The van der Waals surface area contributed by atoms with E-state index in [0.717, 1.165) is 19.3 Å². The van der Waals surface area contributed by atoms with Crippen molar-refractivity contribution in [2.45, 2.75) is 91.5 Å². The Morgan fingerprint density at radius 3 is 2.72 bits per heavy atom. The third-order valence-corrected chi connectivity index (χ3v) is 8.08. The number of fused-ring (bicyclic) bond motifs is 1. The van der Waals surface area contributed by atoms with Crippen molar-refractivity contribution in [1.29, 1.82) is 0 Å². The molecule has 0 bridgehead atoms. The Hall–Kier alpha value is -1.39. The molecular formula is C25H38O4. The van der Waals surface area contributed by atoms with Crippen LogP contribution in [0.1, 0.15) is 79.1 Å². The number of cyclic esters (lactones) is 1. The molecule has 0 aromatic carbocycles. The highest BCUT2D eigenvalue weighted by molar-refractivity contribution is 5.85. The van der Waals surface area contributed by atoms with E-state index in [1.54, 1.807) is 0 Å². The SMILES string of the molecule is C=C(C)CCC[C@]1(C)CCC=C2C1CCC(C)[C@@]2(C)C[C@@H](O)C1=CC(=O)OC1O. The molecule has 3 aliphatic rings. The first-order valence-corrected chi connectivity index (χ1v) is 11.2. The number of allylic oxidation sites excluding steroid dienone is 3. The molecule has 6 atom stereocenters. The molecule has 162 valence electrons. The molecule has 0 amide bonds. The average Bonchev–Trinajstić information content (AvgIpc) is 2.97. The Labute approximate surface area is 175 Å². The summed E-state index contributed by atoms with van der Waals surface area (Å²) in [5.41, 5.74) is 3.18. The van der Waals surface area contributed by atoms with Gasteiger partial charge in [0.05, 0.1) is 6.10 Å². The molecule has 3 unspecified atom stereocenters. The summed E-state index contributed by atoms with van der Waals surface area (Å²) < 4.78 is 4.79. The van der Waals surface area contributed by atoms with Gasteiger partial charge in [-0.15, -0.1) is 6.58 Å². The zero-order valence-electron chi connectivity index (χ0n) is 18.5. The minimum atomic E-state index is -1.32. The van der Waals surface area contributed by atoms with Gasteiger partial charge in [0.25, 0.3) is 0 Å². The van der Waals surface area contributed by atoms with Gasteiger partial charge in [0.2, 0.25) is 6.29 Å². The smallest absolute Gasteiger partial charge is 0.333 e. The number of carbonyl (C=O) groups excluding carboxylic acids is 1. The normalized spacial score (nSPS) is 38.0. The molecule has 1 heterocycles. The van der Waals surface area contributed by atoms with Crippen molar-refractivity contribution >= 4 is 5.97 Å². The van der Waals surface area contributed by atoms with Crippen LogP contribution in [0.3, 0.4) is 0 Å². The number of ether oxygens (including phenoxy) is 1. The summed E-state index contributed by atoms with van der Waals surface area (Å²) in [6, 6.07) is 0. The van der Waals surface area contributed by atoms with E-state index in [0.29, 0.717) is 23.8 Å². The molecule has 1 aliphatic heterocycles. The molecule has 0 aromatic heterocycles. The van der Waals surface area contributed by atoms with Gasteiger partial charge < -0.3 is 14.9 Å². The summed E-state index contributed by atoms with van der Waals surface area (Å²) in [6.45, 7) is 13.2. The van der Waals surface area contributed by atoms with Gasteiger partial charge in [-0.3, -0.25) is 0 Å². The van der Waals surface area contributed by atoms with Crippen LogP contribution < -0.4 is 0 Å². The van der Waals surface area contributed by atoms with Gasteiger partial charge in [0.1, 0.15) is 0 Å². The molecule has 0 saturated heterocycles. The van der Waals surface area contributed by atoms with Crippen molar-refractivity contribution in [2.24, 2.45) is 22.7 Å². The fourth-order valence-electron chi connectivity index (χ4n) is 6.02. The van der Waals surface area contributed by atoms with E-state index >= 15 is 0 Å². The highest BCUT2D eigenvalue weighted by Crippen LogP contribution is 2.59. The molecule has 4 heteroatoms. The molecular weight excluding hydrogens is 364 g/mol. The number of esters is 1. The van der Waals surface area contributed by atoms with Crippen molar-refractivity contribution in [2.75, 3.05) is 0 Å². The summed E-state index contributed by atoms with van der Waals surface area (Å²) in [5, 5.41) is 20.9. The summed E-state index contributed by atoms with van der Waals surface area (Å²) in [6.07, 6.45) is 10.1. The second-order valence-corrected chi connectivity index (χ2v) is 10.3. The van der Waals surface area contributed by atoms with Gasteiger partial charge in [0.15, 0.2) is 0 Å². The Kier molecular flexibility index (Phi) is 6.45. The third-order valence-electron chi connectivity index (χ3n) is 8.08. The van der Waals surface area contributed by atoms with Crippen LogP contribution >= 0.6 is 0 Å². The van der Waals surface area contributed by atoms with E-state index in [-0.39, 0.29) is 10.8 Å². The predicted molar refractivity (Wildman–Crippen MR) is 115 cm³/mol. The predicted octanol–water partition coefficient (Wildman–Crippen LogP) is 5.06. The highest BCUT2D eigenvalue weighted by atomic mass is 16.6. The van der Waals surface area contributed by atoms with Crippen molar-refractivity contribution in [3.05, 3.63) is 35.5 Å². The second kappa shape index (κ2) is 8.39. The number of carbonyl (C=O) groups is 1. The zero-order chi connectivity index (χ0) is 21.4. The van der Waals surface area contributed by atoms with Gasteiger partial charge in [-0.25, -0.2) is 4.79 Å². The summed E-state index contributed by atoms with van der Waals surface area (Å²) in [5.74, 6) is 0.400. The molecule has 29 heavy (non-hydrogen) atoms. The molecule has 2 aliphatic carbocycles. The molecule has 1 saturated carbocycles. The first kappa shape index (κ1) is 22.3. The standard InChI is InChI=1S/C25H38O4/c1-16(2)8-6-12-24(4)13-7-9-20-19(24)11-10-17(3)25(20,5)15-21(26)18-14-22(27)29-23(18)28/h9,14,17,19,21,23,26,28H,1,6-8,10-13,15H2,2-5H3/t17?,19?,21-,23?,24-,25-/m1/s1. The number of hydrogen-bond donors (Lipinski definition) is 2. The number of aliphatic hydroxyl groups is 2. The molecule has 2 N–H and O–H groups in total. The monoisotopic (exact) mass is 402 g/mol. The first-order valence-electron chi connectivity index (χ1n) is 11.2. The number of aliphatic hydroxyl groups excluding tert-OH is 2. The summed E-state index contributed by atoms with van der Waals surface area (Å²) >= 11 is 0. The van der Waals surface area contributed by atoms with Gasteiger partial charge in [-0.2, -0.15) is 0 Å². The Morgan fingerprint density at radius 2 is 2.10 bits per heavy atom. The lowest BCUT2D eigenvalue weighted by molar-refractivity contribution is -0.152. The number of hydrogen-bond acceptors (Lipinski definition) is 4. The van der Waals surface area contributed by atoms with E-state index in [2.05, 4.69) is 40.3 Å². The quantitative estimate of drug-likeness (QED) is 0.461. The average molecular weight is 403 g/mol. The van der Waals surface area contributed by atoms with Crippen LogP contribution in [0.2, 0.25) is 0 Å². The van der Waals surface area contributed by atoms with Gasteiger partial charge in [-0.05, 0) is 81.0 Å². The maximum Gasteiger partial charge on any atom is 0.333 e. The summed E-state index contributed by atoms with van der Waals surface area (Å²) in [4.78, 5) is 11.5. The van der Waals surface area contributed by atoms with Crippen LogP contribution in [-0.2, 0) is 9.53 Å². The van der Waals surface area contributed by atoms with Crippen molar-refractivity contribution in [3.63, 3.8) is 0 Å². The third kappa shape index (κ3) is 4.39. The minimum Gasteiger partial charge on any atom is -0.429 e. The van der Waals surface area contributed by atoms with Crippen LogP contribution in [-0.4, -0.2) is 28.6 Å². The first-order chi connectivity index (χ1) is 13.6. The molecule has 0 radical (unpaired) electrons. The molecule has 0 aromatic rings. The largest absolute Gasteiger partial charge is 0.429 e. The maximum atomic E-state index is 11.5. The van der Waals surface area contributed by atoms with Crippen molar-refractivity contribution in [3.8, 4) is 0 Å². The minimum absolute atomic E-state index is 0.148. The van der Waals surface area contributed by atoms with Gasteiger partial charge in [0, 0.05) is 11.6 Å². The van der Waals surface area contributed by atoms with E-state index in [4.69, 9.17) is 4.74 Å². The molecule has 3 rings (SSSR count). The van der Waals surface area contributed by atoms with Gasteiger partial charge >= 0.3 is 5.97 Å². The fraction of sp³-hybridized carbons (Fsp3) is 0.720. The van der Waals surface area contributed by atoms with E-state index < -0.39 is 18.4 Å². The lowest BCUT2D eigenvalue weighted by Crippen LogP contribution is -2.45. The van der Waals surface area contributed by atoms with Crippen LogP contribution in [0.25, 0.3) is 0 Å². The lowest BCUT2D eigenvalue weighted by Gasteiger charge is -2.54. The Balaban J connectivity index is 1.81. The van der Waals surface area contributed by atoms with Crippen LogP contribution in [0.15, 0.2) is 35.5 Å². The van der Waals surface area contributed by atoms with E-state index in [1.807, 2.05) is 0 Å². The zero-order valence-corrected chi connectivity index (χ0v) is 18.5. The molecule has 4 nitrogen and oxygen atoms in total. The van der Waals surface area contributed by atoms with Crippen molar-refractivity contribution in [1.82, 2.24) is 0 Å². The van der Waals surface area contributed by atoms with Crippen molar-refractivity contribution < 1.29 is 19.7 Å². The Morgan fingerprint density at radius 1 is 1.38 bits per heavy atom. The Bertz CT molecular complexity index is 720. The molecule has 1 fully saturated rings. The summed E-state index contributed by atoms with van der Waals surface area (Å²) in [7, 11) is 0. The van der Waals surface area contributed by atoms with Crippen LogP contribution in [0, 0.1) is 22.7 Å². The van der Waals surface area contributed by atoms with Crippen LogP contribution in [0.5, 0.6) is 0 Å². The highest BCUT2D eigenvalue weighted by Gasteiger charge is 2.50. The van der Waals surface area contributed by atoms with E-state index in [1.165, 1.54) is 42.9 Å². The van der Waals surface area contributed by atoms with Gasteiger partial charge in [-0.1, -0.05) is 38.0 Å². The fourth-order valence-corrected chi connectivity index (χ4v) is 6.02.